The van der Waals surface area contributed by atoms with Gasteiger partial charge in [0.2, 0.25) is 11.8 Å². The molecule has 0 aliphatic rings. The van der Waals surface area contributed by atoms with Crippen LogP contribution in [0.1, 0.15) is 38.3 Å². The molecule has 0 aliphatic heterocycles. The summed E-state index contributed by atoms with van der Waals surface area (Å²) in [5.74, 6) is 0.922. The van der Waals surface area contributed by atoms with Crippen molar-refractivity contribution in [2.75, 3.05) is 5.75 Å². The van der Waals surface area contributed by atoms with E-state index in [4.69, 9.17) is 0 Å². The molecule has 0 fully saturated rings. The number of hydrogen-bond acceptors (Lipinski definition) is 3. The number of hydrogen-bond donors (Lipinski definition) is 1. The van der Waals surface area contributed by atoms with Gasteiger partial charge in [0.25, 0.3) is 0 Å². The number of rotatable bonds is 10. The van der Waals surface area contributed by atoms with Crippen molar-refractivity contribution < 1.29 is 9.59 Å². The lowest BCUT2D eigenvalue weighted by Gasteiger charge is -2.29. The summed E-state index contributed by atoms with van der Waals surface area (Å²) in [5.41, 5.74) is 2.16. The second-order valence-electron chi connectivity index (χ2n) is 7.26. The third kappa shape index (κ3) is 8.08. The van der Waals surface area contributed by atoms with E-state index >= 15 is 0 Å². The third-order valence-electron chi connectivity index (χ3n) is 4.84. The van der Waals surface area contributed by atoms with E-state index in [1.54, 1.807) is 23.6 Å². The van der Waals surface area contributed by atoms with Gasteiger partial charge in [-0.1, -0.05) is 63.0 Å². The van der Waals surface area contributed by atoms with Crippen LogP contribution in [0.25, 0.3) is 0 Å². The molecule has 0 aliphatic carbocycles. The molecule has 0 saturated carbocycles. The van der Waals surface area contributed by atoms with Gasteiger partial charge in [0.05, 0.1) is 5.75 Å². The number of thioether (sulfide) groups is 1. The van der Waals surface area contributed by atoms with Gasteiger partial charge < -0.3 is 10.2 Å². The minimum absolute atomic E-state index is 0.0353. The Morgan fingerprint density at radius 1 is 0.967 bits per heavy atom. The van der Waals surface area contributed by atoms with E-state index in [1.165, 1.54) is 0 Å². The maximum Gasteiger partial charge on any atom is 0.242 e. The molecule has 1 N–H and O–H groups in total. The number of nitrogens with zero attached hydrogens (tertiary/aromatic N) is 1. The lowest BCUT2D eigenvalue weighted by atomic mass is 10.1. The Morgan fingerprint density at radius 2 is 1.50 bits per heavy atom. The highest BCUT2D eigenvalue weighted by atomic mass is 79.9. The van der Waals surface area contributed by atoms with E-state index in [9.17, 15) is 9.59 Å². The second kappa shape index (κ2) is 12.5. The topological polar surface area (TPSA) is 49.4 Å². The average molecular weight is 556 g/mol. The molecule has 0 radical (unpaired) electrons. The van der Waals surface area contributed by atoms with Crippen molar-refractivity contribution >= 4 is 55.4 Å². The molecule has 0 bridgehead atoms. The minimum atomic E-state index is -0.538. The number of amides is 2. The molecule has 0 aromatic heterocycles. The van der Waals surface area contributed by atoms with Crippen molar-refractivity contribution in [1.29, 1.82) is 0 Å². The number of nitrogens with one attached hydrogen (secondary N) is 1. The lowest BCUT2D eigenvalue weighted by Crippen LogP contribution is -2.50. The molecule has 162 valence electrons. The molecular weight excluding hydrogens is 528 g/mol. The molecular formula is C23H28Br2N2O2S. The second-order valence-corrected chi connectivity index (χ2v) is 10.1. The Labute approximate surface area is 200 Å². The van der Waals surface area contributed by atoms with Gasteiger partial charge in [-0.3, -0.25) is 9.59 Å². The van der Waals surface area contributed by atoms with Gasteiger partial charge >= 0.3 is 0 Å². The summed E-state index contributed by atoms with van der Waals surface area (Å²) >= 11 is 8.44. The van der Waals surface area contributed by atoms with Gasteiger partial charge in [-0.2, -0.15) is 0 Å². The molecule has 4 nitrogen and oxygen atoms in total. The summed E-state index contributed by atoms with van der Waals surface area (Å²) in [6.07, 6.45) is 0.849. The molecule has 0 heterocycles. The van der Waals surface area contributed by atoms with Gasteiger partial charge in [-0.25, -0.2) is 0 Å². The van der Waals surface area contributed by atoms with E-state index in [0.29, 0.717) is 12.3 Å². The van der Waals surface area contributed by atoms with E-state index in [2.05, 4.69) is 37.2 Å². The Balaban J connectivity index is 2.06. The van der Waals surface area contributed by atoms with Crippen LogP contribution >= 0.6 is 43.6 Å². The Kier molecular flexibility index (Phi) is 10.4. The fourth-order valence-electron chi connectivity index (χ4n) is 2.75. The predicted octanol–water partition coefficient (Wildman–Crippen LogP) is 5.78. The van der Waals surface area contributed by atoms with Crippen molar-refractivity contribution in [1.82, 2.24) is 10.2 Å². The monoisotopic (exact) mass is 554 g/mol. The van der Waals surface area contributed by atoms with E-state index in [0.717, 1.165) is 32.2 Å². The van der Waals surface area contributed by atoms with Gasteiger partial charge in [-0.15, -0.1) is 11.8 Å². The normalized spacial score (nSPS) is 12.8. The maximum absolute atomic E-state index is 13.1. The number of carbonyl (C=O) groups is 2. The van der Waals surface area contributed by atoms with Crippen molar-refractivity contribution in [3.8, 4) is 0 Å². The van der Waals surface area contributed by atoms with Crippen LogP contribution in [-0.2, 0) is 21.9 Å². The largest absolute Gasteiger partial charge is 0.352 e. The third-order valence-corrected chi connectivity index (χ3v) is 6.89. The van der Waals surface area contributed by atoms with Crippen LogP contribution in [0.5, 0.6) is 0 Å². The molecule has 0 spiro atoms. The highest BCUT2D eigenvalue weighted by Crippen LogP contribution is 2.19. The minimum Gasteiger partial charge on any atom is -0.352 e. The smallest absolute Gasteiger partial charge is 0.242 e. The van der Waals surface area contributed by atoms with E-state index in [1.807, 2.05) is 62.4 Å². The predicted molar refractivity (Wildman–Crippen MR) is 132 cm³/mol. The Bertz CT molecular complexity index is 828. The quantitative estimate of drug-likeness (QED) is 0.404. The van der Waals surface area contributed by atoms with Crippen LogP contribution in [0.3, 0.4) is 0 Å². The highest BCUT2D eigenvalue weighted by Gasteiger charge is 2.26. The van der Waals surface area contributed by atoms with Crippen molar-refractivity contribution in [2.45, 2.75) is 51.6 Å². The first-order valence-electron chi connectivity index (χ1n) is 9.96. The number of benzene rings is 2. The summed E-state index contributed by atoms with van der Waals surface area (Å²) in [4.78, 5) is 27.5. The molecule has 2 amide bonds. The zero-order valence-electron chi connectivity index (χ0n) is 17.5. The number of halogens is 2. The van der Waals surface area contributed by atoms with Gasteiger partial charge in [0.15, 0.2) is 0 Å². The maximum atomic E-state index is 13.1. The molecule has 2 atom stereocenters. The van der Waals surface area contributed by atoms with Crippen molar-refractivity contribution in [3.63, 3.8) is 0 Å². The summed E-state index contributed by atoms with van der Waals surface area (Å²) in [5, 5.41) is 3.00. The SMILES string of the molecule is CC[C@H](C)NC(=O)[C@H](C)N(Cc1ccc(Br)cc1)C(=O)CSCc1ccc(Br)cc1. The van der Waals surface area contributed by atoms with Gasteiger partial charge in [0, 0.05) is 27.3 Å². The molecule has 0 unspecified atom stereocenters. The Morgan fingerprint density at radius 3 is 2.03 bits per heavy atom. The van der Waals surface area contributed by atoms with Crippen molar-refractivity contribution in [2.24, 2.45) is 0 Å². The van der Waals surface area contributed by atoms with Crippen LogP contribution in [-0.4, -0.2) is 34.6 Å². The van der Waals surface area contributed by atoms with Gasteiger partial charge in [-0.05, 0) is 55.7 Å². The first kappa shape index (κ1) is 25.0. The lowest BCUT2D eigenvalue weighted by molar-refractivity contribution is -0.138. The van der Waals surface area contributed by atoms with Crippen LogP contribution in [0, 0.1) is 0 Å². The molecule has 30 heavy (non-hydrogen) atoms. The average Bonchev–Trinajstić information content (AvgIpc) is 2.74. The standard InChI is InChI=1S/C23H28Br2N2O2S/c1-4-16(2)26-23(29)17(3)27(13-18-5-9-20(24)10-6-18)22(28)15-30-14-19-7-11-21(25)12-8-19/h5-12,16-17H,4,13-15H2,1-3H3,(H,26,29)/t16-,17-/m0/s1. The summed E-state index contributed by atoms with van der Waals surface area (Å²) in [6, 6.07) is 15.5. The molecule has 2 rings (SSSR count). The molecule has 7 heteroatoms. The Hall–Kier alpha value is -1.31. The first-order chi connectivity index (χ1) is 14.3. The van der Waals surface area contributed by atoms with Gasteiger partial charge in [0.1, 0.15) is 6.04 Å². The van der Waals surface area contributed by atoms with Crippen LogP contribution in [0.2, 0.25) is 0 Å². The van der Waals surface area contributed by atoms with E-state index < -0.39 is 6.04 Å². The molecule has 2 aromatic rings. The van der Waals surface area contributed by atoms with E-state index in [-0.39, 0.29) is 17.9 Å². The molecule has 0 saturated heterocycles. The zero-order chi connectivity index (χ0) is 22.1. The van der Waals surface area contributed by atoms with Crippen LogP contribution < -0.4 is 5.32 Å². The summed E-state index contributed by atoms with van der Waals surface area (Å²) in [7, 11) is 0. The first-order valence-corrected chi connectivity index (χ1v) is 12.7. The fourth-order valence-corrected chi connectivity index (χ4v) is 4.15. The summed E-state index contributed by atoms with van der Waals surface area (Å²) < 4.78 is 2.02. The molecule has 2 aromatic carbocycles. The zero-order valence-corrected chi connectivity index (χ0v) is 21.5. The van der Waals surface area contributed by atoms with Crippen LogP contribution in [0.15, 0.2) is 57.5 Å². The fraction of sp³-hybridized carbons (Fsp3) is 0.391. The van der Waals surface area contributed by atoms with Crippen LogP contribution in [0.4, 0.5) is 0 Å². The summed E-state index contributed by atoms with van der Waals surface area (Å²) in [6.45, 7) is 6.20. The van der Waals surface area contributed by atoms with Crippen molar-refractivity contribution in [3.05, 3.63) is 68.6 Å². The highest BCUT2D eigenvalue weighted by molar-refractivity contribution is 9.10. The number of carbonyl (C=O) groups excluding carboxylic acids is 2.